The monoisotopic (exact) mass is 316 g/mol. The second-order valence-electron chi connectivity index (χ2n) is 5.99. The lowest BCUT2D eigenvalue weighted by molar-refractivity contribution is 0.370. The maximum atomic E-state index is 11.3. The quantitative estimate of drug-likeness (QED) is 0.240. The zero-order chi connectivity index (χ0) is 16.6. The Hall–Kier alpha value is -0.830. The molecule has 0 aromatic rings. The summed E-state index contributed by atoms with van der Waals surface area (Å²) in [5.74, 6) is 0.169. The average Bonchev–Trinajstić information content (AvgIpc) is 2.25. The molecule has 0 saturated carbocycles. The Kier molecular flexibility index (Phi) is 8.88. The molecule has 0 aliphatic heterocycles. The molecule has 0 aliphatic rings. The van der Waals surface area contributed by atoms with Gasteiger partial charge >= 0.3 is 7.60 Å². The number of aliphatic hydroxyl groups is 1. The van der Waals surface area contributed by atoms with Crippen LogP contribution in [0.25, 0.3) is 0 Å². The van der Waals surface area contributed by atoms with Crippen LogP contribution in [0, 0.1) is 5.92 Å². The molecule has 0 amide bonds. The van der Waals surface area contributed by atoms with E-state index in [0.717, 1.165) is 12.8 Å². The lowest BCUT2D eigenvalue weighted by Gasteiger charge is -2.12. The first-order valence-corrected chi connectivity index (χ1v) is 8.96. The minimum absolute atomic E-state index is 0.326. The highest BCUT2D eigenvalue weighted by Gasteiger charge is 2.25. The number of hydrogen-bond donors (Lipinski definition) is 3. The van der Waals surface area contributed by atoms with Gasteiger partial charge < -0.3 is 14.9 Å². The predicted octanol–water partition coefficient (Wildman–Crippen LogP) is 5.06. The molecular weight excluding hydrogens is 287 g/mol. The summed E-state index contributed by atoms with van der Waals surface area (Å²) in [5.41, 5.74) is 1.78. The molecule has 0 radical (unpaired) electrons. The van der Waals surface area contributed by atoms with E-state index in [0.29, 0.717) is 24.3 Å². The smallest absolute Gasteiger partial charge is 0.359 e. The second kappa shape index (κ2) is 9.24. The molecule has 4 nitrogen and oxygen atoms in total. The topological polar surface area (TPSA) is 77.8 Å². The molecule has 0 unspecified atom stereocenters. The van der Waals surface area contributed by atoms with Crippen LogP contribution < -0.4 is 0 Å². The van der Waals surface area contributed by atoms with Gasteiger partial charge in [-0.3, -0.25) is 4.57 Å². The predicted molar refractivity (Wildman–Crippen MR) is 88.2 cm³/mol. The van der Waals surface area contributed by atoms with Crippen molar-refractivity contribution in [2.45, 2.75) is 59.8 Å². The van der Waals surface area contributed by atoms with E-state index in [9.17, 15) is 19.5 Å². The van der Waals surface area contributed by atoms with Gasteiger partial charge in [-0.25, -0.2) is 0 Å². The number of aliphatic hydroxyl groups excluding tert-OH is 1. The van der Waals surface area contributed by atoms with Crippen LogP contribution in [0.4, 0.5) is 0 Å². The maximum absolute atomic E-state index is 11.3. The minimum atomic E-state index is -4.47. The molecule has 0 saturated heterocycles. The number of rotatable bonds is 9. The van der Waals surface area contributed by atoms with Crippen molar-refractivity contribution in [2.24, 2.45) is 5.92 Å². The van der Waals surface area contributed by atoms with Crippen LogP contribution in [0.3, 0.4) is 0 Å². The highest BCUT2D eigenvalue weighted by atomic mass is 31.2. The minimum Gasteiger partial charge on any atom is -0.508 e. The van der Waals surface area contributed by atoms with Crippen LogP contribution in [0.5, 0.6) is 0 Å². The Morgan fingerprint density at radius 1 is 1.24 bits per heavy atom. The van der Waals surface area contributed by atoms with Crippen LogP contribution in [-0.2, 0) is 4.57 Å². The lowest BCUT2D eigenvalue weighted by Crippen LogP contribution is -1.94. The lowest BCUT2D eigenvalue weighted by atomic mass is 10.0. The van der Waals surface area contributed by atoms with Gasteiger partial charge in [-0.1, -0.05) is 44.1 Å². The summed E-state index contributed by atoms with van der Waals surface area (Å²) in [6, 6.07) is 0. The number of hydrogen-bond acceptors (Lipinski definition) is 2. The summed E-state index contributed by atoms with van der Waals surface area (Å²) >= 11 is 0. The van der Waals surface area contributed by atoms with Crippen LogP contribution in [-0.4, -0.2) is 14.9 Å². The van der Waals surface area contributed by atoms with E-state index < -0.39 is 13.4 Å². The summed E-state index contributed by atoms with van der Waals surface area (Å²) in [5, 5.41) is 9.01. The van der Waals surface area contributed by atoms with Crippen molar-refractivity contribution in [3.63, 3.8) is 0 Å². The standard InChI is InChI=1S/C16H29O4P/c1-12(2)8-6-9-13(3)10-7-11-14(4)16(15(5)17)21(18,19)20/h10,12,17H,5-9,11H2,1-4H3,(H2,18,19,20)/b13-10+,16-14+. The Bertz CT molecular complexity index is 455. The summed E-state index contributed by atoms with van der Waals surface area (Å²) in [4.78, 5) is 18.4. The van der Waals surface area contributed by atoms with Crippen molar-refractivity contribution in [3.05, 3.63) is 34.9 Å². The first kappa shape index (κ1) is 20.2. The molecule has 0 heterocycles. The van der Waals surface area contributed by atoms with Gasteiger partial charge in [0.2, 0.25) is 0 Å². The second-order valence-corrected chi connectivity index (χ2v) is 7.53. The Morgan fingerprint density at radius 2 is 1.81 bits per heavy atom. The van der Waals surface area contributed by atoms with E-state index >= 15 is 0 Å². The fourth-order valence-corrected chi connectivity index (χ4v) is 3.15. The van der Waals surface area contributed by atoms with E-state index in [2.05, 4.69) is 33.4 Å². The van der Waals surface area contributed by atoms with Gasteiger partial charge in [0.1, 0.15) is 11.1 Å². The third-order valence-corrected chi connectivity index (χ3v) is 4.56. The van der Waals surface area contributed by atoms with Crippen LogP contribution in [0.2, 0.25) is 0 Å². The van der Waals surface area contributed by atoms with Gasteiger partial charge in [0.05, 0.1) is 0 Å². The van der Waals surface area contributed by atoms with Gasteiger partial charge in [-0.2, -0.15) is 0 Å². The van der Waals surface area contributed by atoms with Gasteiger partial charge in [-0.05, 0) is 45.4 Å². The molecule has 0 fully saturated rings. The molecule has 0 bridgehead atoms. The highest BCUT2D eigenvalue weighted by Crippen LogP contribution is 2.49. The summed E-state index contributed by atoms with van der Waals surface area (Å²) < 4.78 is 11.3. The average molecular weight is 316 g/mol. The first-order chi connectivity index (χ1) is 9.55. The molecule has 5 heteroatoms. The van der Waals surface area contributed by atoms with E-state index in [1.54, 1.807) is 6.92 Å². The van der Waals surface area contributed by atoms with Crippen LogP contribution in [0.1, 0.15) is 59.8 Å². The maximum Gasteiger partial charge on any atom is 0.359 e. The summed E-state index contributed by atoms with van der Waals surface area (Å²) in [6.07, 6.45) is 6.73. The van der Waals surface area contributed by atoms with Crippen molar-refractivity contribution >= 4 is 7.60 Å². The summed E-state index contributed by atoms with van der Waals surface area (Å²) in [6.45, 7) is 11.3. The van der Waals surface area contributed by atoms with Crippen molar-refractivity contribution in [3.8, 4) is 0 Å². The van der Waals surface area contributed by atoms with E-state index in [-0.39, 0.29) is 5.31 Å². The molecule has 0 aromatic carbocycles. The molecule has 0 aromatic heterocycles. The SMILES string of the molecule is C=C(O)/C(=C(/C)CC/C=C(\C)CCCC(C)C)P(=O)(O)O. The molecule has 0 atom stereocenters. The van der Waals surface area contributed by atoms with E-state index in [4.69, 9.17) is 0 Å². The molecular formula is C16H29O4P. The highest BCUT2D eigenvalue weighted by molar-refractivity contribution is 7.56. The van der Waals surface area contributed by atoms with Gasteiger partial charge in [0.15, 0.2) is 0 Å². The third-order valence-electron chi connectivity index (χ3n) is 3.33. The van der Waals surface area contributed by atoms with Gasteiger partial charge in [0, 0.05) is 0 Å². The molecule has 21 heavy (non-hydrogen) atoms. The number of allylic oxidation sites excluding steroid dienone is 4. The zero-order valence-electron chi connectivity index (χ0n) is 13.6. The van der Waals surface area contributed by atoms with Crippen molar-refractivity contribution in [1.82, 2.24) is 0 Å². The van der Waals surface area contributed by atoms with Crippen LogP contribution >= 0.6 is 7.60 Å². The molecule has 122 valence electrons. The normalized spacial score (nSPS) is 14.3. The Labute approximate surface area is 128 Å². The molecule has 0 spiro atoms. The molecule has 3 N–H and O–H groups in total. The van der Waals surface area contributed by atoms with Gasteiger partial charge in [0.25, 0.3) is 0 Å². The van der Waals surface area contributed by atoms with Crippen molar-refractivity contribution < 1.29 is 19.5 Å². The van der Waals surface area contributed by atoms with Crippen molar-refractivity contribution in [1.29, 1.82) is 0 Å². The molecule has 0 aliphatic carbocycles. The Balaban J connectivity index is 4.56. The van der Waals surface area contributed by atoms with Crippen molar-refractivity contribution in [2.75, 3.05) is 0 Å². The van der Waals surface area contributed by atoms with Gasteiger partial charge in [-0.15, -0.1) is 0 Å². The first-order valence-electron chi connectivity index (χ1n) is 7.35. The fraction of sp³-hybridized carbons (Fsp3) is 0.625. The Morgan fingerprint density at radius 3 is 2.24 bits per heavy atom. The molecule has 0 rings (SSSR count). The zero-order valence-corrected chi connectivity index (χ0v) is 14.5. The largest absolute Gasteiger partial charge is 0.508 e. The fourth-order valence-electron chi connectivity index (χ4n) is 2.21. The van der Waals surface area contributed by atoms with Crippen LogP contribution in [0.15, 0.2) is 34.9 Å². The van der Waals surface area contributed by atoms with E-state index in [1.807, 2.05) is 0 Å². The summed E-state index contributed by atoms with van der Waals surface area (Å²) in [7, 11) is -4.47. The van der Waals surface area contributed by atoms with E-state index in [1.165, 1.54) is 12.0 Å². The third kappa shape index (κ3) is 8.92.